The number of Topliss-reactive ketones (excluding diaryl/α,β-unsaturated/α-hetero) is 1. The molecule has 0 saturated carbocycles. The third-order valence-electron chi connectivity index (χ3n) is 3.92. The van der Waals surface area contributed by atoms with Crippen molar-refractivity contribution in [1.29, 1.82) is 0 Å². The van der Waals surface area contributed by atoms with Crippen molar-refractivity contribution < 1.29 is 17.6 Å². The lowest BCUT2D eigenvalue weighted by Crippen LogP contribution is -2.43. The number of hydrogen-bond donors (Lipinski definition) is 0. The first-order valence-corrected chi connectivity index (χ1v) is 8.61. The van der Waals surface area contributed by atoms with Crippen molar-refractivity contribution in [3.63, 3.8) is 0 Å². The highest BCUT2D eigenvalue weighted by Gasteiger charge is 2.35. The fraction of sp³-hybridized carbons (Fsp3) is 0.250. The number of halogens is 1. The molecule has 1 unspecified atom stereocenters. The molecule has 2 heterocycles. The van der Waals surface area contributed by atoms with E-state index in [1.54, 1.807) is 24.5 Å². The van der Waals surface area contributed by atoms with Crippen LogP contribution in [0.25, 0.3) is 0 Å². The highest BCUT2D eigenvalue weighted by molar-refractivity contribution is 7.89. The van der Waals surface area contributed by atoms with Crippen molar-refractivity contribution in [1.82, 2.24) is 9.29 Å². The van der Waals surface area contributed by atoms with Crippen LogP contribution < -0.4 is 0 Å². The van der Waals surface area contributed by atoms with Crippen LogP contribution in [0.5, 0.6) is 0 Å². The highest BCUT2D eigenvalue weighted by atomic mass is 32.2. The third-order valence-corrected chi connectivity index (χ3v) is 5.80. The van der Waals surface area contributed by atoms with Crippen LogP contribution in [0.3, 0.4) is 0 Å². The molecule has 7 heteroatoms. The lowest BCUT2D eigenvalue weighted by Gasteiger charge is -2.31. The number of rotatable bonds is 3. The first kappa shape index (κ1) is 15.8. The van der Waals surface area contributed by atoms with Gasteiger partial charge in [-0.05, 0) is 35.9 Å². The number of ketones is 1. The predicted molar refractivity (Wildman–Crippen MR) is 81.8 cm³/mol. The number of nitrogens with zero attached hydrogens (tertiary/aromatic N) is 2. The van der Waals surface area contributed by atoms with Gasteiger partial charge in [-0.15, -0.1) is 0 Å². The first-order valence-electron chi connectivity index (χ1n) is 7.17. The second-order valence-electron chi connectivity index (χ2n) is 5.37. The molecule has 3 rings (SSSR count). The van der Waals surface area contributed by atoms with Crippen molar-refractivity contribution in [3.05, 3.63) is 60.2 Å². The van der Waals surface area contributed by atoms with Crippen LogP contribution in [0.15, 0.2) is 53.7 Å². The molecule has 1 saturated heterocycles. The summed E-state index contributed by atoms with van der Waals surface area (Å²) in [5.74, 6) is -1.01. The molecule has 1 atom stereocenters. The Kier molecular flexibility index (Phi) is 4.23. The molecule has 0 amide bonds. The summed E-state index contributed by atoms with van der Waals surface area (Å²) in [5, 5.41) is 0. The Balaban J connectivity index is 1.89. The Morgan fingerprint density at radius 3 is 2.57 bits per heavy atom. The minimum atomic E-state index is -3.75. The third kappa shape index (κ3) is 3.16. The topological polar surface area (TPSA) is 67.3 Å². The van der Waals surface area contributed by atoms with Crippen LogP contribution in [-0.4, -0.2) is 36.6 Å². The van der Waals surface area contributed by atoms with E-state index in [1.807, 2.05) is 0 Å². The number of pyridine rings is 1. The molecule has 23 heavy (non-hydrogen) atoms. The van der Waals surface area contributed by atoms with Gasteiger partial charge in [0.1, 0.15) is 11.6 Å². The minimum Gasteiger partial charge on any atom is -0.299 e. The standard InChI is InChI=1S/C16H15FN2O3S/c17-13-3-5-14(6-4-13)23(21,22)19-9-7-16(20)15(11-19)12-2-1-8-18-10-12/h1-6,8,10,15H,7,9,11H2. The van der Waals surface area contributed by atoms with E-state index >= 15 is 0 Å². The predicted octanol–water partition coefficient (Wildman–Crippen LogP) is 1.97. The van der Waals surface area contributed by atoms with E-state index in [1.165, 1.54) is 16.4 Å². The molecular weight excluding hydrogens is 319 g/mol. The highest BCUT2D eigenvalue weighted by Crippen LogP contribution is 2.27. The molecule has 1 fully saturated rings. The summed E-state index contributed by atoms with van der Waals surface area (Å²) in [5.41, 5.74) is 0.705. The maximum Gasteiger partial charge on any atom is 0.243 e. The number of carbonyl (C=O) groups excluding carboxylic acids is 1. The molecule has 0 bridgehead atoms. The molecule has 1 aromatic heterocycles. The van der Waals surface area contributed by atoms with Gasteiger partial charge in [-0.3, -0.25) is 9.78 Å². The van der Waals surface area contributed by atoms with E-state index in [4.69, 9.17) is 0 Å². The normalized spacial score (nSPS) is 19.7. The van der Waals surface area contributed by atoms with Crippen molar-refractivity contribution in [2.24, 2.45) is 0 Å². The van der Waals surface area contributed by atoms with Crippen LogP contribution in [0.2, 0.25) is 0 Å². The number of hydrogen-bond acceptors (Lipinski definition) is 4. The first-order chi connectivity index (χ1) is 11.0. The number of sulfonamides is 1. The number of aromatic nitrogens is 1. The molecule has 1 aliphatic heterocycles. The van der Waals surface area contributed by atoms with Gasteiger partial charge in [0.25, 0.3) is 0 Å². The van der Waals surface area contributed by atoms with Crippen LogP contribution in [0, 0.1) is 5.82 Å². The monoisotopic (exact) mass is 334 g/mol. The molecule has 0 spiro atoms. The Hall–Kier alpha value is -2.12. The second-order valence-corrected chi connectivity index (χ2v) is 7.31. The smallest absolute Gasteiger partial charge is 0.243 e. The van der Waals surface area contributed by atoms with Gasteiger partial charge in [-0.2, -0.15) is 4.31 Å². The van der Waals surface area contributed by atoms with E-state index in [0.717, 1.165) is 12.1 Å². The van der Waals surface area contributed by atoms with Crippen LogP contribution in [-0.2, 0) is 14.8 Å². The van der Waals surface area contributed by atoms with Crippen molar-refractivity contribution in [2.45, 2.75) is 17.2 Å². The maximum absolute atomic E-state index is 13.0. The summed E-state index contributed by atoms with van der Waals surface area (Å²) >= 11 is 0. The molecule has 0 aliphatic carbocycles. The Bertz CT molecular complexity index is 807. The summed E-state index contributed by atoms with van der Waals surface area (Å²) in [4.78, 5) is 16.2. The maximum atomic E-state index is 13.0. The Morgan fingerprint density at radius 2 is 1.91 bits per heavy atom. The van der Waals surface area contributed by atoms with Gasteiger partial charge in [0.15, 0.2) is 0 Å². The van der Waals surface area contributed by atoms with Gasteiger partial charge < -0.3 is 0 Å². The Morgan fingerprint density at radius 1 is 1.17 bits per heavy atom. The van der Waals surface area contributed by atoms with Crippen molar-refractivity contribution >= 4 is 15.8 Å². The molecule has 0 N–H and O–H groups in total. The van der Waals surface area contributed by atoms with Gasteiger partial charge in [0, 0.05) is 31.9 Å². The molecule has 5 nitrogen and oxygen atoms in total. The van der Waals surface area contributed by atoms with Gasteiger partial charge in [0.05, 0.1) is 10.8 Å². The fourth-order valence-corrected chi connectivity index (χ4v) is 4.11. The number of carbonyl (C=O) groups is 1. The largest absolute Gasteiger partial charge is 0.299 e. The lowest BCUT2D eigenvalue weighted by atomic mass is 9.91. The zero-order chi connectivity index (χ0) is 16.4. The van der Waals surface area contributed by atoms with Crippen molar-refractivity contribution in [2.75, 3.05) is 13.1 Å². The van der Waals surface area contributed by atoms with E-state index < -0.39 is 21.8 Å². The second kappa shape index (κ2) is 6.17. The van der Waals surface area contributed by atoms with Crippen LogP contribution in [0.1, 0.15) is 17.9 Å². The average Bonchev–Trinajstić information content (AvgIpc) is 2.56. The summed E-state index contributed by atoms with van der Waals surface area (Å²) in [6.45, 7) is 0.208. The summed E-state index contributed by atoms with van der Waals surface area (Å²) < 4.78 is 39.6. The quantitative estimate of drug-likeness (QED) is 0.861. The van der Waals surface area contributed by atoms with Gasteiger partial charge in [-0.25, -0.2) is 12.8 Å². The SMILES string of the molecule is O=C1CCN(S(=O)(=O)c2ccc(F)cc2)CC1c1cccnc1. The summed E-state index contributed by atoms with van der Waals surface area (Å²) in [6.07, 6.45) is 3.33. The molecule has 1 aromatic carbocycles. The van der Waals surface area contributed by atoms with Gasteiger partial charge >= 0.3 is 0 Å². The molecule has 1 aliphatic rings. The summed E-state index contributed by atoms with van der Waals surface area (Å²) in [6, 6.07) is 8.18. The van der Waals surface area contributed by atoms with Crippen molar-refractivity contribution in [3.8, 4) is 0 Å². The van der Waals surface area contributed by atoms with Gasteiger partial charge in [0.2, 0.25) is 10.0 Å². The van der Waals surface area contributed by atoms with Crippen LogP contribution >= 0.6 is 0 Å². The van der Waals surface area contributed by atoms with E-state index in [0.29, 0.717) is 5.56 Å². The molecule has 120 valence electrons. The molecular formula is C16H15FN2O3S. The number of benzene rings is 1. The zero-order valence-electron chi connectivity index (χ0n) is 12.2. The Labute approximate surface area is 133 Å². The van der Waals surface area contributed by atoms with E-state index in [9.17, 15) is 17.6 Å². The van der Waals surface area contributed by atoms with Gasteiger partial charge in [-0.1, -0.05) is 6.07 Å². The summed E-state index contributed by atoms with van der Waals surface area (Å²) in [7, 11) is -3.75. The average molecular weight is 334 g/mol. The fourth-order valence-electron chi connectivity index (χ4n) is 2.65. The van der Waals surface area contributed by atoms with E-state index in [-0.39, 0.29) is 30.2 Å². The number of piperidine rings is 1. The molecule has 2 aromatic rings. The zero-order valence-corrected chi connectivity index (χ0v) is 13.0. The lowest BCUT2D eigenvalue weighted by molar-refractivity contribution is -0.122. The molecule has 0 radical (unpaired) electrons. The minimum absolute atomic E-state index is 0.00329. The van der Waals surface area contributed by atoms with E-state index in [2.05, 4.69) is 4.98 Å². The van der Waals surface area contributed by atoms with Crippen LogP contribution in [0.4, 0.5) is 4.39 Å².